The van der Waals surface area contributed by atoms with Gasteiger partial charge in [0, 0.05) is 27.9 Å². The number of para-hydroxylation sites is 1. The van der Waals surface area contributed by atoms with E-state index in [-0.39, 0.29) is 5.92 Å². The molecule has 0 aliphatic rings. The monoisotopic (exact) mass is 345 g/mol. The van der Waals surface area contributed by atoms with Crippen molar-refractivity contribution in [1.82, 2.24) is 0 Å². The Bertz CT molecular complexity index is 753. The van der Waals surface area contributed by atoms with E-state index in [1.54, 1.807) is 6.26 Å². The van der Waals surface area contributed by atoms with E-state index < -0.39 is 6.10 Å². The normalized spacial score (nSPS) is 14.2. The quantitative estimate of drug-likeness (QED) is 0.751. The van der Waals surface area contributed by atoms with Crippen LogP contribution in [0.5, 0.6) is 0 Å². The van der Waals surface area contributed by atoms with Crippen molar-refractivity contribution >= 4 is 26.9 Å². The van der Waals surface area contributed by atoms with Crippen LogP contribution >= 0.6 is 15.9 Å². The van der Waals surface area contributed by atoms with Gasteiger partial charge in [-0.05, 0) is 23.8 Å². The number of fused-ring (bicyclic) bond motifs is 1. The molecule has 3 N–H and O–H groups in total. The number of aliphatic hydroxyl groups excluding tert-OH is 1. The molecule has 4 heteroatoms. The summed E-state index contributed by atoms with van der Waals surface area (Å²) < 4.78 is 6.49. The minimum absolute atomic E-state index is 0.177. The standard InChI is InChI=1S/C17H16BrNO2/c18-12-5-3-4-11(8-12)14(9-19)17(20)15-10-21-16-7-2-1-6-13(15)16/h1-8,10,14,17,20H,9,19H2. The summed E-state index contributed by atoms with van der Waals surface area (Å²) in [6, 6.07) is 15.6. The highest BCUT2D eigenvalue weighted by molar-refractivity contribution is 9.10. The third-order valence-electron chi connectivity index (χ3n) is 3.74. The van der Waals surface area contributed by atoms with Crippen LogP contribution in [-0.4, -0.2) is 11.7 Å². The van der Waals surface area contributed by atoms with Crippen LogP contribution in [-0.2, 0) is 0 Å². The Balaban J connectivity index is 2.01. The van der Waals surface area contributed by atoms with Crippen molar-refractivity contribution in [3.63, 3.8) is 0 Å². The molecule has 0 fully saturated rings. The zero-order valence-corrected chi connectivity index (χ0v) is 13.0. The molecular weight excluding hydrogens is 330 g/mol. The summed E-state index contributed by atoms with van der Waals surface area (Å²) in [6.07, 6.45) is 0.920. The van der Waals surface area contributed by atoms with Crippen molar-refractivity contribution in [3.05, 3.63) is 70.4 Å². The van der Waals surface area contributed by atoms with Gasteiger partial charge in [0.2, 0.25) is 0 Å². The van der Waals surface area contributed by atoms with E-state index in [1.807, 2.05) is 48.5 Å². The number of nitrogens with two attached hydrogens (primary N) is 1. The van der Waals surface area contributed by atoms with Gasteiger partial charge in [-0.15, -0.1) is 0 Å². The second-order valence-electron chi connectivity index (χ2n) is 5.03. The van der Waals surface area contributed by atoms with Crippen LogP contribution in [0.4, 0.5) is 0 Å². The molecule has 21 heavy (non-hydrogen) atoms. The lowest BCUT2D eigenvalue weighted by atomic mass is 9.89. The Hall–Kier alpha value is -1.62. The zero-order chi connectivity index (χ0) is 14.8. The Morgan fingerprint density at radius 2 is 1.95 bits per heavy atom. The fraction of sp³-hybridized carbons (Fsp3) is 0.176. The molecule has 0 spiro atoms. The molecule has 0 bridgehead atoms. The largest absolute Gasteiger partial charge is 0.464 e. The lowest BCUT2D eigenvalue weighted by Crippen LogP contribution is -2.20. The molecule has 3 nitrogen and oxygen atoms in total. The molecule has 1 heterocycles. The summed E-state index contributed by atoms with van der Waals surface area (Å²) in [7, 11) is 0. The predicted octanol–water partition coefficient (Wildman–Crippen LogP) is 3.97. The molecule has 2 unspecified atom stereocenters. The highest BCUT2D eigenvalue weighted by Crippen LogP contribution is 2.35. The predicted molar refractivity (Wildman–Crippen MR) is 87.1 cm³/mol. The molecule has 0 saturated heterocycles. The summed E-state index contributed by atoms with van der Waals surface area (Å²) >= 11 is 3.46. The molecule has 2 aromatic carbocycles. The first-order valence-corrected chi connectivity index (χ1v) is 7.59. The fourth-order valence-corrected chi connectivity index (χ4v) is 3.05. The van der Waals surface area contributed by atoms with E-state index in [4.69, 9.17) is 10.2 Å². The van der Waals surface area contributed by atoms with Gasteiger partial charge in [0.15, 0.2) is 0 Å². The number of hydrogen-bond donors (Lipinski definition) is 2. The van der Waals surface area contributed by atoms with Crippen molar-refractivity contribution in [2.75, 3.05) is 6.54 Å². The minimum atomic E-state index is -0.701. The van der Waals surface area contributed by atoms with Crippen LogP contribution in [0.2, 0.25) is 0 Å². The second-order valence-corrected chi connectivity index (χ2v) is 5.94. The molecule has 0 aliphatic heterocycles. The Labute approximate surface area is 131 Å². The topological polar surface area (TPSA) is 59.4 Å². The summed E-state index contributed by atoms with van der Waals surface area (Å²) in [6.45, 7) is 0.358. The van der Waals surface area contributed by atoms with Gasteiger partial charge < -0.3 is 15.3 Å². The lowest BCUT2D eigenvalue weighted by Gasteiger charge is -2.21. The summed E-state index contributed by atoms with van der Waals surface area (Å²) in [5.41, 5.74) is 8.46. The SMILES string of the molecule is NCC(c1cccc(Br)c1)C(O)c1coc2ccccc12. The first kappa shape index (κ1) is 14.3. The molecule has 3 aromatic rings. The molecule has 1 aromatic heterocycles. The number of hydrogen-bond acceptors (Lipinski definition) is 3. The molecule has 108 valence electrons. The van der Waals surface area contributed by atoms with Gasteiger partial charge in [0.05, 0.1) is 12.4 Å². The molecule has 2 atom stereocenters. The molecule has 0 aliphatic carbocycles. The Morgan fingerprint density at radius 1 is 1.14 bits per heavy atom. The van der Waals surface area contributed by atoms with Crippen molar-refractivity contribution in [3.8, 4) is 0 Å². The average Bonchev–Trinajstić information content (AvgIpc) is 2.92. The van der Waals surface area contributed by atoms with E-state index in [0.717, 1.165) is 26.6 Å². The van der Waals surface area contributed by atoms with E-state index in [1.165, 1.54) is 0 Å². The van der Waals surface area contributed by atoms with Crippen molar-refractivity contribution < 1.29 is 9.52 Å². The zero-order valence-electron chi connectivity index (χ0n) is 11.4. The Morgan fingerprint density at radius 3 is 2.71 bits per heavy atom. The minimum Gasteiger partial charge on any atom is -0.464 e. The summed E-state index contributed by atoms with van der Waals surface area (Å²) in [4.78, 5) is 0. The van der Waals surface area contributed by atoms with E-state index in [9.17, 15) is 5.11 Å². The van der Waals surface area contributed by atoms with Crippen LogP contribution in [0.1, 0.15) is 23.1 Å². The number of furan rings is 1. The van der Waals surface area contributed by atoms with Crippen LogP contribution < -0.4 is 5.73 Å². The van der Waals surface area contributed by atoms with E-state index >= 15 is 0 Å². The molecule has 0 radical (unpaired) electrons. The number of halogens is 1. The first-order chi connectivity index (χ1) is 10.2. The van der Waals surface area contributed by atoms with Gasteiger partial charge in [0.1, 0.15) is 5.58 Å². The van der Waals surface area contributed by atoms with E-state index in [2.05, 4.69) is 15.9 Å². The van der Waals surface area contributed by atoms with Gasteiger partial charge in [-0.1, -0.05) is 46.3 Å². The van der Waals surface area contributed by atoms with Gasteiger partial charge in [0.25, 0.3) is 0 Å². The molecule has 0 amide bonds. The van der Waals surface area contributed by atoms with Gasteiger partial charge >= 0.3 is 0 Å². The van der Waals surface area contributed by atoms with Gasteiger partial charge in [-0.3, -0.25) is 0 Å². The van der Waals surface area contributed by atoms with Crippen LogP contribution in [0.15, 0.2) is 63.7 Å². The van der Waals surface area contributed by atoms with Crippen LogP contribution in [0, 0.1) is 0 Å². The van der Waals surface area contributed by atoms with Crippen molar-refractivity contribution in [2.45, 2.75) is 12.0 Å². The molecule has 0 saturated carbocycles. The Kier molecular flexibility index (Phi) is 4.10. The lowest BCUT2D eigenvalue weighted by molar-refractivity contribution is 0.148. The average molecular weight is 346 g/mol. The van der Waals surface area contributed by atoms with E-state index in [0.29, 0.717) is 6.54 Å². The number of benzene rings is 2. The highest BCUT2D eigenvalue weighted by Gasteiger charge is 2.24. The maximum atomic E-state index is 10.8. The highest BCUT2D eigenvalue weighted by atomic mass is 79.9. The fourth-order valence-electron chi connectivity index (χ4n) is 2.63. The summed E-state index contributed by atoms with van der Waals surface area (Å²) in [5.74, 6) is -0.177. The summed E-state index contributed by atoms with van der Waals surface area (Å²) in [5, 5.41) is 11.7. The smallest absolute Gasteiger partial charge is 0.134 e. The maximum absolute atomic E-state index is 10.8. The number of rotatable bonds is 4. The van der Waals surface area contributed by atoms with Crippen LogP contribution in [0.25, 0.3) is 11.0 Å². The van der Waals surface area contributed by atoms with Gasteiger partial charge in [-0.2, -0.15) is 0 Å². The van der Waals surface area contributed by atoms with Crippen molar-refractivity contribution in [1.29, 1.82) is 0 Å². The third-order valence-corrected chi connectivity index (χ3v) is 4.23. The van der Waals surface area contributed by atoms with Crippen molar-refractivity contribution in [2.24, 2.45) is 5.73 Å². The third kappa shape index (κ3) is 2.75. The maximum Gasteiger partial charge on any atom is 0.134 e. The van der Waals surface area contributed by atoms with Gasteiger partial charge in [-0.25, -0.2) is 0 Å². The molecule has 3 rings (SSSR count). The van der Waals surface area contributed by atoms with Crippen LogP contribution in [0.3, 0.4) is 0 Å². The second kappa shape index (κ2) is 6.02. The first-order valence-electron chi connectivity index (χ1n) is 6.80. The number of aliphatic hydroxyl groups is 1. The molecular formula is C17H16BrNO2.